The molecule has 3 atom stereocenters. The lowest BCUT2D eigenvalue weighted by Crippen LogP contribution is -2.78. The summed E-state index contributed by atoms with van der Waals surface area (Å²) in [5, 5.41) is 11.8. The molecule has 2 amide bonds. The number of fused-ring (bicyclic) bond motifs is 1. The number of carboxylic acid groups (broad SMARTS) is 1. The second kappa shape index (κ2) is 5.66. The molecule has 2 fully saturated rings. The molecule has 2 heterocycles. The molecule has 0 bridgehead atoms. The van der Waals surface area contributed by atoms with Crippen LogP contribution >= 0.6 is 11.8 Å². The summed E-state index contributed by atoms with van der Waals surface area (Å²) in [6.45, 7) is 5.24. The van der Waals surface area contributed by atoms with E-state index in [4.69, 9.17) is 4.74 Å². The van der Waals surface area contributed by atoms with E-state index in [2.05, 4.69) is 5.32 Å². The molecule has 0 aliphatic carbocycles. The maximum absolute atomic E-state index is 12.6. The van der Waals surface area contributed by atoms with Crippen LogP contribution in [0.5, 0.6) is 5.75 Å². The molecule has 25 heavy (non-hydrogen) atoms. The van der Waals surface area contributed by atoms with Crippen molar-refractivity contribution < 1.29 is 24.2 Å². The number of rotatable bonds is 4. The van der Waals surface area contributed by atoms with Crippen LogP contribution in [0.1, 0.15) is 31.1 Å². The van der Waals surface area contributed by atoms with Gasteiger partial charge >= 0.3 is 5.97 Å². The van der Waals surface area contributed by atoms with E-state index in [1.54, 1.807) is 45.0 Å². The third-order valence-electron chi connectivity index (χ3n) is 4.74. The van der Waals surface area contributed by atoms with Crippen LogP contribution in [0.25, 0.3) is 0 Å². The average molecular weight is 364 g/mol. The maximum Gasteiger partial charge on any atom is 0.327 e. The fourth-order valence-corrected chi connectivity index (χ4v) is 5.03. The summed E-state index contributed by atoms with van der Waals surface area (Å²) in [7, 11) is 1.54. The zero-order chi connectivity index (χ0) is 18.6. The number of nitrogens with one attached hydrogen (secondary N) is 1. The number of methoxy groups -OCH3 is 1. The van der Waals surface area contributed by atoms with E-state index < -0.39 is 27.7 Å². The number of amides is 2. The van der Waals surface area contributed by atoms with Gasteiger partial charge in [-0.25, -0.2) is 4.79 Å². The van der Waals surface area contributed by atoms with Gasteiger partial charge in [0.25, 0.3) is 11.8 Å². The number of carboxylic acids is 1. The Bertz CT molecular complexity index is 748. The van der Waals surface area contributed by atoms with E-state index in [-0.39, 0.29) is 11.8 Å². The average Bonchev–Trinajstić information content (AvgIpc) is 2.84. The smallest absolute Gasteiger partial charge is 0.327 e. The largest absolute Gasteiger partial charge is 0.497 e. The molecule has 134 valence electrons. The van der Waals surface area contributed by atoms with Crippen LogP contribution in [0.3, 0.4) is 0 Å². The molecular formula is C17H20N2O5S. The molecule has 1 aromatic rings. The van der Waals surface area contributed by atoms with Crippen LogP contribution in [0.15, 0.2) is 24.3 Å². The SMILES string of the molecule is COc1ccc(C(=O)NC2(C)C(=O)N3[C@@H](C(=O)O)C(C)(C)S[C@@H]32)cc1. The summed E-state index contributed by atoms with van der Waals surface area (Å²) in [5.41, 5.74) is -0.714. The first-order valence-electron chi connectivity index (χ1n) is 7.82. The number of β-lactam (4-membered cyclic amide) rings is 1. The molecule has 2 aliphatic rings. The monoisotopic (exact) mass is 364 g/mol. The third kappa shape index (κ3) is 2.55. The van der Waals surface area contributed by atoms with Gasteiger partial charge in [0.15, 0.2) is 0 Å². The van der Waals surface area contributed by atoms with Gasteiger partial charge in [0.2, 0.25) is 0 Å². The number of hydrogen-bond acceptors (Lipinski definition) is 5. The fourth-order valence-electron chi connectivity index (χ4n) is 3.39. The molecule has 1 aromatic carbocycles. The van der Waals surface area contributed by atoms with Crippen LogP contribution in [-0.2, 0) is 9.59 Å². The van der Waals surface area contributed by atoms with Gasteiger partial charge in [-0.3, -0.25) is 9.59 Å². The summed E-state index contributed by atoms with van der Waals surface area (Å²) in [6.07, 6.45) is 0. The fraction of sp³-hybridized carbons (Fsp3) is 0.471. The summed E-state index contributed by atoms with van der Waals surface area (Å²) in [6, 6.07) is 5.66. The number of thioether (sulfide) groups is 1. The number of carbonyl (C=O) groups excluding carboxylic acids is 2. The Morgan fingerprint density at radius 3 is 2.36 bits per heavy atom. The Hall–Kier alpha value is -2.22. The lowest BCUT2D eigenvalue weighted by atomic mass is 9.86. The number of benzene rings is 1. The van der Waals surface area contributed by atoms with Crippen molar-refractivity contribution in [3.05, 3.63) is 29.8 Å². The number of carbonyl (C=O) groups is 3. The first kappa shape index (κ1) is 17.6. The third-order valence-corrected chi connectivity index (χ3v) is 6.49. The van der Waals surface area contributed by atoms with Crippen molar-refractivity contribution in [1.29, 1.82) is 0 Å². The number of nitrogens with zero attached hydrogens (tertiary/aromatic N) is 1. The van der Waals surface area contributed by atoms with E-state index in [0.717, 1.165) is 0 Å². The highest BCUT2D eigenvalue weighted by molar-refractivity contribution is 8.01. The lowest BCUT2D eigenvalue weighted by molar-refractivity contribution is -0.165. The van der Waals surface area contributed by atoms with Gasteiger partial charge < -0.3 is 20.1 Å². The van der Waals surface area contributed by atoms with E-state index in [0.29, 0.717) is 11.3 Å². The van der Waals surface area contributed by atoms with Crippen LogP contribution in [0.2, 0.25) is 0 Å². The van der Waals surface area contributed by atoms with Crippen LogP contribution in [0, 0.1) is 0 Å². The summed E-state index contributed by atoms with van der Waals surface area (Å²) in [5.74, 6) is -1.15. The molecule has 0 saturated carbocycles. The van der Waals surface area contributed by atoms with Crippen molar-refractivity contribution in [2.45, 2.75) is 42.5 Å². The first-order valence-corrected chi connectivity index (χ1v) is 8.70. The normalized spacial score (nSPS) is 29.6. The molecule has 0 spiro atoms. The number of aliphatic carboxylic acids is 1. The highest BCUT2D eigenvalue weighted by atomic mass is 32.2. The van der Waals surface area contributed by atoms with Crippen LogP contribution in [0.4, 0.5) is 0 Å². The van der Waals surface area contributed by atoms with Crippen LogP contribution < -0.4 is 10.1 Å². The summed E-state index contributed by atoms with van der Waals surface area (Å²) < 4.78 is 4.43. The Morgan fingerprint density at radius 1 is 1.24 bits per heavy atom. The zero-order valence-corrected chi connectivity index (χ0v) is 15.2. The summed E-state index contributed by atoms with van der Waals surface area (Å²) in [4.78, 5) is 38.1. The lowest BCUT2D eigenvalue weighted by Gasteiger charge is -2.51. The van der Waals surface area contributed by atoms with Crippen molar-refractivity contribution in [2.24, 2.45) is 0 Å². The van der Waals surface area contributed by atoms with Gasteiger partial charge in [-0.05, 0) is 45.0 Å². The molecule has 3 rings (SSSR count). The van der Waals surface area contributed by atoms with E-state index in [1.165, 1.54) is 23.8 Å². The molecule has 2 aliphatic heterocycles. The predicted octanol–water partition coefficient (Wildman–Crippen LogP) is 1.33. The second-order valence-electron chi connectivity index (χ2n) is 6.91. The van der Waals surface area contributed by atoms with Crippen molar-refractivity contribution in [1.82, 2.24) is 10.2 Å². The highest BCUT2D eigenvalue weighted by Gasteiger charge is 2.70. The minimum Gasteiger partial charge on any atom is -0.497 e. The maximum atomic E-state index is 12.6. The summed E-state index contributed by atoms with van der Waals surface area (Å²) >= 11 is 1.40. The quantitative estimate of drug-likeness (QED) is 0.783. The van der Waals surface area contributed by atoms with Gasteiger partial charge in [-0.2, -0.15) is 0 Å². The molecule has 0 aromatic heterocycles. The molecule has 2 saturated heterocycles. The van der Waals surface area contributed by atoms with Gasteiger partial charge in [0.1, 0.15) is 22.7 Å². The van der Waals surface area contributed by atoms with E-state index in [9.17, 15) is 19.5 Å². The topological polar surface area (TPSA) is 95.9 Å². The molecule has 2 N–H and O–H groups in total. The van der Waals surface area contributed by atoms with Crippen molar-refractivity contribution in [2.75, 3.05) is 7.11 Å². The van der Waals surface area contributed by atoms with Gasteiger partial charge in [-0.1, -0.05) is 0 Å². The molecule has 1 unspecified atom stereocenters. The van der Waals surface area contributed by atoms with Gasteiger partial charge in [-0.15, -0.1) is 11.8 Å². The molecular weight excluding hydrogens is 344 g/mol. The number of ether oxygens (including phenoxy) is 1. The Labute approximate surface area is 149 Å². The van der Waals surface area contributed by atoms with Gasteiger partial charge in [0, 0.05) is 10.3 Å². The first-order chi connectivity index (χ1) is 11.6. The van der Waals surface area contributed by atoms with E-state index >= 15 is 0 Å². The predicted molar refractivity (Wildman–Crippen MR) is 92.6 cm³/mol. The molecule has 0 radical (unpaired) electrons. The Morgan fingerprint density at radius 2 is 1.84 bits per heavy atom. The minimum absolute atomic E-state index is 0.371. The zero-order valence-electron chi connectivity index (χ0n) is 14.4. The number of hydrogen-bond donors (Lipinski definition) is 2. The highest BCUT2D eigenvalue weighted by Crippen LogP contribution is 2.54. The van der Waals surface area contributed by atoms with Crippen molar-refractivity contribution in [3.63, 3.8) is 0 Å². The molecule has 8 heteroatoms. The Balaban J connectivity index is 1.80. The minimum atomic E-state index is -1.12. The van der Waals surface area contributed by atoms with Crippen molar-refractivity contribution >= 4 is 29.5 Å². The second-order valence-corrected chi connectivity index (χ2v) is 8.65. The standard InChI is InChI=1S/C17H20N2O5S/c1-16(2)11(13(21)22)19-14(23)17(3,15(19)25-16)18-12(20)9-5-7-10(24-4)8-6-9/h5-8,11,15H,1-4H3,(H,18,20)(H,21,22)/t11-,15+,17?/m0/s1. The molecule has 7 nitrogen and oxygen atoms in total. The van der Waals surface area contributed by atoms with E-state index in [1.807, 2.05) is 0 Å². The van der Waals surface area contributed by atoms with Gasteiger partial charge in [0.05, 0.1) is 7.11 Å². The Kier molecular flexibility index (Phi) is 3.98. The van der Waals surface area contributed by atoms with Crippen molar-refractivity contribution in [3.8, 4) is 5.75 Å². The van der Waals surface area contributed by atoms with Crippen LogP contribution in [-0.4, -0.2) is 56.6 Å².